The van der Waals surface area contributed by atoms with Gasteiger partial charge >= 0.3 is 0 Å². The molecule has 0 amide bonds. The van der Waals surface area contributed by atoms with Gasteiger partial charge in [-0.05, 0) is 0 Å². The van der Waals surface area contributed by atoms with Crippen molar-refractivity contribution in [1.82, 2.24) is 0 Å². The van der Waals surface area contributed by atoms with E-state index in [4.69, 9.17) is 4.74 Å². The predicted molar refractivity (Wildman–Crippen MR) is 57.0 cm³/mol. The fourth-order valence-corrected chi connectivity index (χ4v) is 1.35. The molecule has 0 N–H and O–H groups in total. The molecule has 0 aromatic heterocycles. The third-order valence-electron chi connectivity index (χ3n) is 2.08. The highest BCUT2D eigenvalue weighted by Gasteiger charge is 2.27. The van der Waals surface area contributed by atoms with Crippen molar-refractivity contribution in [3.05, 3.63) is 48.0 Å². The molecule has 0 heterocycles. The minimum Gasteiger partial charge on any atom is -0.496 e. The zero-order valence-electron chi connectivity index (χ0n) is 9.06. The highest BCUT2D eigenvalue weighted by atomic mass is 16.6. The molecule has 0 radical (unpaired) electrons. The molecule has 0 aliphatic heterocycles. The van der Waals surface area contributed by atoms with Crippen molar-refractivity contribution in [1.29, 1.82) is 0 Å². The maximum Gasteiger partial charge on any atom is 0.289 e. The second-order valence-electron chi connectivity index (χ2n) is 3.15. The van der Waals surface area contributed by atoms with Crippen LogP contribution in [0.25, 0.3) is 0 Å². The number of nitro groups is 3. The van der Waals surface area contributed by atoms with Crippen LogP contribution in [0, 0.1) is 30.3 Å². The van der Waals surface area contributed by atoms with E-state index in [1.165, 1.54) is 0 Å². The highest BCUT2D eigenvalue weighted by Crippen LogP contribution is 2.34. The molecule has 0 aliphatic rings. The molecule has 0 unspecified atom stereocenters. The molecule has 1 rings (SSSR count). The maximum atomic E-state index is 10.8. The molecular weight excluding hydrogens is 250 g/mol. The zero-order chi connectivity index (χ0) is 13.9. The zero-order valence-corrected chi connectivity index (χ0v) is 9.06. The molecule has 1 aromatic rings. The first kappa shape index (κ1) is 13.3. The number of nitrogens with zero attached hydrogens (tertiary/aromatic N) is 3. The van der Waals surface area contributed by atoms with Gasteiger partial charge < -0.3 is 4.74 Å². The van der Waals surface area contributed by atoms with E-state index in [-0.39, 0.29) is 11.3 Å². The van der Waals surface area contributed by atoms with Gasteiger partial charge in [0.2, 0.25) is 6.54 Å². The first-order valence-electron chi connectivity index (χ1n) is 4.48. The van der Waals surface area contributed by atoms with Crippen LogP contribution in [0.5, 0.6) is 5.75 Å². The van der Waals surface area contributed by atoms with Gasteiger partial charge in [0.1, 0.15) is 11.3 Å². The van der Waals surface area contributed by atoms with Crippen molar-refractivity contribution in [2.75, 3.05) is 7.11 Å². The Bertz CT molecular complexity index is 528. The third-order valence-corrected chi connectivity index (χ3v) is 2.08. The summed E-state index contributed by atoms with van der Waals surface area (Å²) in [6, 6.07) is 1.58. The Balaban J connectivity index is 3.50. The minimum atomic E-state index is -0.922. The number of hydrogen-bond donors (Lipinski definition) is 0. The molecule has 0 fully saturated rings. The van der Waals surface area contributed by atoms with Crippen LogP contribution in [-0.2, 0) is 6.54 Å². The Morgan fingerprint density at radius 2 is 1.72 bits per heavy atom. The molecular formula is C8H7N3O7. The molecule has 10 heteroatoms. The molecule has 18 heavy (non-hydrogen) atoms. The molecule has 0 saturated heterocycles. The standard InChI is InChI=1S/C8H7N3O7/c1-18-8-3-5(10(14)15)2-7(11(16)17)6(8)4-9(12)13/h2-3H,4H2,1H3. The molecule has 0 spiro atoms. The Labute approximate surface area is 99.2 Å². The van der Waals surface area contributed by atoms with Gasteiger partial charge in [0.05, 0.1) is 29.1 Å². The van der Waals surface area contributed by atoms with E-state index in [9.17, 15) is 30.3 Å². The summed E-state index contributed by atoms with van der Waals surface area (Å²) < 4.78 is 4.71. The number of methoxy groups -OCH3 is 1. The van der Waals surface area contributed by atoms with Gasteiger partial charge in [0, 0.05) is 4.92 Å². The quantitative estimate of drug-likeness (QED) is 0.571. The number of non-ortho nitro benzene ring substituents is 1. The monoisotopic (exact) mass is 257 g/mol. The van der Waals surface area contributed by atoms with Crippen molar-refractivity contribution >= 4 is 11.4 Å². The van der Waals surface area contributed by atoms with E-state index >= 15 is 0 Å². The first-order valence-corrected chi connectivity index (χ1v) is 4.48. The fraction of sp³-hybridized carbons (Fsp3) is 0.250. The molecule has 96 valence electrons. The van der Waals surface area contributed by atoms with Gasteiger partial charge in [-0.3, -0.25) is 30.3 Å². The van der Waals surface area contributed by atoms with Crippen LogP contribution in [0.1, 0.15) is 5.56 Å². The number of hydrogen-bond acceptors (Lipinski definition) is 7. The fourth-order valence-electron chi connectivity index (χ4n) is 1.35. The Morgan fingerprint density at radius 3 is 2.11 bits per heavy atom. The summed E-state index contributed by atoms with van der Waals surface area (Å²) >= 11 is 0. The van der Waals surface area contributed by atoms with Crippen LogP contribution < -0.4 is 4.74 Å². The van der Waals surface area contributed by atoms with Gasteiger partial charge in [-0.25, -0.2) is 0 Å². The normalized spacial score (nSPS) is 9.83. The summed E-state index contributed by atoms with van der Waals surface area (Å²) in [6.45, 7) is -0.850. The van der Waals surface area contributed by atoms with E-state index in [2.05, 4.69) is 0 Å². The number of benzene rings is 1. The lowest BCUT2D eigenvalue weighted by Gasteiger charge is -2.05. The first-order chi connectivity index (χ1) is 8.36. The van der Waals surface area contributed by atoms with Crippen molar-refractivity contribution in [3.8, 4) is 5.75 Å². The molecule has 10 nitrogen and oxygen atoms in total. The lowest BCUT2D eigenvalue weighted by atomic mass is 10.1. The number of rotatable bonds is 5. The maximum absolute atomic E-state index is 10.8. The average molecular weight is 257 g/mol. The second kappa shape index (κ2) is 5.03. The van der Waals surface area contributed by atoms with Gasteiger partial charge in [-0.15, -0.1) is 0 Å². The number of ether oxygens (including phenoxy) is 1. The number of nitro benzene ring substituents is 2. The van der Waals surface area contributed by atoms with Crippen LogP contribution in [-0.4, -0.2) is 21.9 Å². The summed E-state index contributed by atoms with van der Waals surface area (Å²) in [6.07, 6.45) is 0. The van der Waals surface area contributed by atoms with Crippen molar-refractivity contribution in [2.24, 2.45) is 0 Å². The lowest BCUT2D eigenvalue weighted by Crippen LogP contribution is -2.06. The largest absolute Gasteiger partial charge is 0.496 e. The van der Waals surface area contributed by atoms with E-state index in [1.54, 1.807) is 0 Å². The third kappa shape index (κ3) is 2.66. The second-order valence-corrected chi connectivity index (χ2v) is 3.15. The minimum absolute atomic E-state index is 0.257. The van der Waals surface area contributed by atoms with Crippen molar-refractivity contribution in [3.63, 3.8) is 0 Å². The van der Waals surface area contributed by atoms with Crippen LogP contribution >= 0.6 is 0 Å². The van der Waals surface area contributed by atoms with Crippen LogP contribution in [0.15, 0.2) is 12.1 Å². The summed E-state index contributed by atoms with van der Waals surface area (Å²) in [5.41, 5.74) is -1.58. The molecule has 0 atom stereocenters. The Kier molecular flexibility index (Phi) is 3.72. The molecule has 0 aliphatic carbocycles. The topological polar surface area (TPSA) is 139 Å². The van der Waals surface area contributed by atoms with Crippen LogP contribution in [0.4, 0.5) is 11.4 Å². The Hall–Kier alpha value is -2.78. The lowest BCUT2D eigenvalue weighted by molar-refractivity contribution is -0.498. The van der Waals surface area contributed by atoms with Gasteiger partial charge in [-0.2, -0.15) is 0 Å². The Morgan fingerprint density at radius 1 is 1.11 bits per heavy atom. The molecule has 0 bridgehead atoms. The predicted octanol–water partition coefficient (Wildman–Crippen LogP) is 1.29. The molecule has 1 aromatic carbocycles. The van der Waals surface area contributed by atoms with E-state index in [1.807, 2.05) is 0 Å². The van der Waals surface area contributed by atoms with Crippen molar-refractivity contribution in [2.45, 2.75) is 6.54 Å². The summed E-state index contributed by atoms with van der Waals surface area (Å²) in [5.74, 6) is -0.257. The van der Waals surface area contributed by atoms with E-state index in [0.29, 0.717) is 6.07 Å². The summed E-state index contributed by atoms with van der Waals surface area (Å²) in [4.78, 5) is 29.2. The average Bonchev–Trinajstić information content (AvgIpc) is 2.27. The van der Waals surface area contributed by atoms with Gasteiger partial charge in [0.15, 0.2) is 0 Å². The highest BCUT2D eigenvalue weighted by molar-refractivity contribution is 5.56. The van der Waals surface area contributed by atoms with Crippen LogP contribution in [0.3, 0.4) is 0 Å². The summed E-state index contributed by atoms with van der Waals surface area (Å²) in [7, 11) is 1.12. The van der Waals surface area contributed by atoms with E-state index in [0.717, 1.165) is 13.2 Å². The smallest absolute Gasteiger partial charge is 0.289 e. The van der Waals surface area contributed by atoms with Gasteiger partial charge in [0.25, 0.3) is 11.4 Å². The van der Waals surface area contributed by atoms with E-state index < -0.39 is 32.7 Å². The van der Waals surface area contributed by atoms with Crippen LogP contribution in [0.2, 0.25) is 0 Å². The molecule has 0 saturated carbocycles. The summed E-state index contributed by atoms with van der Waals surface area (Å²) in [5, 5.41) is 31.7. The van der Waals surface area contributed by atoms with Crippen molar-refractivity contribution < 1.29 is 19.5 Å². The SMILES string of the molecule is COc1cc([N+](=O)[O-])cc([N+](=O)[O-])c1C[N+](=O)[O-]. The van der Waals surface area contributed by atoms with Gasteiger partial charge in [-0.1, -0.05) is 0 Å².